The highest BCUT2D eigenvalue weighted by atomic mass is 35.5. The number of nitrogen functional groups attached to an aromatic ring is 1. The SMILES string of the molecule is CC1CN(C(C)C(=O)Nc2cc(Cl)ccc2N)CCO1. The average Bonchev–Trinajstić information content (AvgIpc) is 2.42. The van der Waals surface area contributed by atoms with E-state index in [4.69, 9.17) is 22.1 Å². The largest absolute Gasteiger partial charge is 0.397 e. The van der Waals surface area contributed by atoms with Gasteiger partial charge in [0.15, 0.2) is 0 Å². The van der Waals surface area contributed by atoms with Gasteiger partial charge in [-0.3, -0.25) is 9.69 Å². The van der Waals surface area contributed by atoms with Gasteiger partial charge < -0.3 is 15.8 Å². The molecular formula is C14H20ClN3O2. The number of nitrogens with one attached hydrogen (secondary N) is 1. The summed E-state index contributed by atoms with van der Waals surface area (Å²) in [6.07, 6.45) is 0.148. The number of halogens is 1. The van der Waals surface area contributed by atoms with Gasteiger partial charge in [-0.05, 0) is 32.0 Å². The first-order valence-corrected chi connectivity index (χ1v) is 7.06. The van der Waals surface area contributed by atoms with Crippen LogP contribution in [0.25, 0.3) is 0 Å². The van der Waals surface area contributed by atoms with Crippen LogP contribution in [0.15, 0.2) is 18.2 Å². The molecule has 0 spiro atoms. The van der Waals surface area contributed by atoms with E-state index >= 15 is 0 Å². The molecule has 3 N–H and O–H groups in total. The van der Waals surface area contributed by atoms with Crippen LogP contribution < -0.4 is 11.1 Å². The minimum Gasteiger partial charge on any atom is -0.397 e. The summed E-state index contributed by atoms with van der Waals surface area (Å²) in [7, 11) is 0. The lowest BCUT2D eigenvalue weighted by atomic mass is 10.2. The lowest BCUT2D eigenvalue weighted by Gasteiger charge is -2.34. The number of nitrogens with zero attached hydrogens (tertiary/aromatic N) is 1. The van der Waals surface area contributed by atoms with Crippen molar-refractivity contribution < 1.29 is 9.53 Å². The highest BCUT2D eigenvalue weighted by Gasteiger charge is 2.26. The molecule has 0 radical (unpaired) electrons. The van der Waals surface area contributed by atoms with Crippen LogP contribution in [-0.4, -0.2) is 42.6 Å². The monoisotopic (exact) mass is 297 g/mol. The zero-order valence-electron chi connectivity index (χ0n) is 11.7. The molecule has 1 saturated heterocycles. The fraction of sp³-hybridized carbons (Fsp3) is 0.500. The Bertz CT molecular complexity index is 495. The van der Waals surface area contributed by atoms with E-state index in [1.807, 2.05) is 13.8 Å². The molecule has 2 unspecified atom stereocenters. The van der Waals surface area contributed by atoms with E-state index in [0.717, 1.165) is 13.1 Å². The maximum Gasteiger partial charge on any atom is 0.241 e. The minimum atomic E-state index is -0.236. The number of rotatable bonds is 3. The first kappa shape index (κ1) is 15.1. The Morgan fingerprint density at radius 1 is 1.60 bits per heavy atom. The van der Waals surface area contributed by atoms with Crippen LogP contribution in [0.5, 0.6) is 0 Å². The Hall–Kier alpha value is -1.30. The van der Waals surface area contributed by atoms with Gasteiger partial charge in [0, 0.05) is 18.1 Å². The third-order valence-corrected chi connectivity index (χ3v) is 3.71. The van der Waals surface area contributed by atoms with Crippen molar-refractivity contribution in [3.05, 3.63) is 23.2 Å². The summed E-state index contributed by atoms with van der Waals surface area (Å²) in [4.78, 5) is 14.4. The molecule has 110 valence electrons. The Morgan fingerprint density at radius 2 is 2.35 bits per heavy atom. The van der Waals surface area contributed by atoms with Crippen LogP contribution in [0.1, 0.15) is 13.8 Å². The number of carbonyl (C=O) groups excluding carboxylic acids is 1. The summed E-state index contributed by atoms with van der Waals surface area (Å²) >= 11 is 5.91. The van der Waals surface area contributed by atoms with E-state index in [0.29, 0.717) is 23.0 Å². The summed E-state index contributed by atoms with van der Waals surface area (Å²) in [5.41, 5.74) is 6.89. The second-order valence-corrected chi connectivity index (χ2v) is 5.51. The first-order valence-electron chi connectivity index (χ1n) is 6.69. The summed E-state index contributed by atoms with van der Waals surface area (Å²) in [6, 6.07) is 4.79. The van der Waals surface area contributed by atoms with E-state index in [2.05, 4.69) is 10.2 Å². The van der Waals surface area contributed by atoms with Gasteiger partial charge in [-0.15, -0.1) is 0 Å². The smallest absolute Gasteiger partial charge is 0.241 e. The molecule has 1 aliphatic heterocycles. The van der Waals surface area contributed by atoms with Gasteiger partial charge >= 0.3 is 0 Å². The van der Waals surface area contributed by atoms with E-state index in [1.165, 1.54) is 0 Å². The molecule has 1 aromatic carbocycles. The van der Waals surface area contributed by atoms with Crippen LogP contribution >= 0.6 is 11.6 Å². The molecule has 6 heteroatoms. The Labute approximate surface area is 124 Å². The number of nitrogens with two attached hydrogens (primary N) is 1. The average molecular weight is 298 g/mol. The molecule has 2 rings (SSSR count). The zero-order valence-corrected chi connectivity index (χ0v) is 12.5. The van der Waals surface area contributed by atoms with Crippen molar-refractivity contribution in [2.75, 3.05) is 30.7 Å². The number of carbonyl (C=O) groups is 1. The predicted molar refractivity (Wildman–Crippen MR) is 80.9 cm³/mol. The fourth-order valence-corrected chi connectivity index (χ4v) is 2.41. The van der Waals surface area contributed by atoms with Crippen molar-refractivity contribution >= 4 is 28.9 Å². The molecule has 0 aliphatic carbocycles. The van der Waals surface area contributed by atoms with Crippen molar-refractivity contribution in [2.45, 2.75) is 26.0 Å². The lowest BCUT2D eigenvalue weighted by Crippen LogP contribution is -2.50. The highest BCUT2D eigenvalue weighted by Crippen LogP contribution is 2.23. The molecule has 0 bridgehead atoms. The molecule has 1 aromatic rings. The molecule has 5 nitrogen and oxygen atoms in total. The molecule has 2 atom stereocenters. The summed E-state index contributed by atoms with van der Waals surface area (Å²) < 4.78 is 5.48. The van der Waals surface area contributed by atoms with Gasteiger partial charge in [0.25, 0.3) is 0 Å². The van der Waals surface area contributed by atoms with Crippen molar-refractivity contribution in [3.63, 3.8) is 0 Å². The molecular weight excluding hydrogens is 278 g/mol. The minimum absolute atomic E-state index is 0.0898. The molecule has 0 saturated carbocycles. The third kappa shape index (κ3) is 3.62. The maximum absolute atomic E-state index is 12.3. The van der Waals surface area contributed by atoms with Crippen LogP contribution in [0, 0.1) is 0 Å². The molecule has 0 aromatic heterocycles. The maximum atomic E-state index is 12.3. The molecule has 1 fully saturated rings. The molecule has 1 heterocycles. The Kier molecular flexibility index (Phi) is 4.86. The summed E-state index contributed by atoms with van der Waals surface area (Å²) in [6.45, 7) is 6.04. The fourth-order valence-electron chi connectivity index (χ4n) is 2.24. The van der Waals surface area contributed by atoms with Gasteiger partial charge in [-0.25, -0.2) is 0 Å². The normalized spacial score (nSPS) is 21.4. The summed E-state index contributed by atoms with van der Waals surface area (Å²) in [5.74, 6) is -0.0898. The first-order chi connectivity index (χ1) is 9.47. The second-order valence-electron chi connectivity index (χ2n) is 5.07. The molecule has 20 heavy (non-hydrogen) atoms. The van der Waals surface area contributed by atoms with Gasteiger partial charge in [-0.2, -0.15) is 0 Å². The van der Waals surface area contributed by atoms with E-state index in [1.54, 1.807) is 18.2 Å². The van der Waals surface area contributed by atoms with Gasteiger partial charge in [-0.1, -0.05) is 11.6 Å². The number of benzene rings is 1. The van der Waals surface area contributed by atoms with Crippen LogP contribution in [0.4, 0.5) is 11.4 Å². The van der Waals surface area contributed by atoms with Gasteiger partial charge in [0.2, 0.25) is 5.91 Å². The number of ether oxygens (including phenoxy) is 1. The Morgan fingerprint density at radius 3 is 3.05 bits per heavy atom. The standard InChI is InChI=1S/C14H20ClN3O2/c1-9-8-18(5-6-20-9)10(2)14(19)17-13-7-11(15)3-4-12(13)16/h3-4,7,9-10H,5-6,8,16H2,1-2H3,(H,17,19). The molecule has 1 amide bonds. The topological polar surface area (TPSA) is 67.6 Å². The second kappa shape index (κ2) is 6.43. The Balaban J connectivity index is 2.02. The van der Waals surface area contributed by atoms with E-state index in [-0.39, 0.29) is 18.1 Å². The van der Waals surface area contributed by atoms with Crippen molar-refractivity contribution in [3.8, 4) is 0 Å². The van der Waals surface area contributed by atoms with Crippen LogP contribution in [0.2, 0.25) is 5.02 Å². The highest BCUT2D eigenvalue weighted by molar-refractivity contribution is 6.31. The number of anilines is 2. The summed E-state index contributed by atoms with van der Waals surface area (Å²) in [5, 5.41) is 3.38. The van der Waals surface area contributed by atoms with Crippen molar-refractivity contribution in [1.82, 2.24) is 4.90 Å². The quantitative estimate of drug-likeness (QED) is 0.837. The zero-order chi connectivity index (χ0) is 14.7. The van der Waals surface area contributed by atoms with Crippen LogP contribution in [0.3, 0.4) is 0 Å². The van der Waals surface area contributed by atoms with E-state index in [9.17, 15) is 4.79 Å². The van der Waals surface area contributed by atoms with Gasteiger partial charge in [0.1, 0.15) is 0 Å². The lowest BCUT2D eigenvalue weighted by molar-refractivity contribution is -0.123. The number of amides is 1. The predicted octanol–water partition coefficient (Wildman–Crippen LogP) is 1.97. The number of hydrogen-bond donors (Lipinski definition) is 2. The number of hydrogen-bond acceptors (Lipinski definition) is 4. The van der Waals surface area contributed by atoms with Crippen molar-refractivity contribution in [2.24, 2.45) is 0 Å². The van der Waals surface area contributed by atoms with Gasteiger partial charge in [0.05, 0.1) is 30.1 Å². The van der Waals surface area contributed by atoms with E-state index < -0.39 is 0 Å². The van der Waals surface area contributed by atoms with Crippen molar-refractivity contribution in [1.29, 1.82) is 0 Å². The third-order valence-electron chi connectivity index (χ3n) is 3.47. The number of morpholine rings is 1. The van der Waals surface area contributed by atoms with Crippen LogP contribution in [-0.2, 0) is 9.53 Å². The molecule has 1 aliphatic rings.